The zero-order valence-corrected chi connectivity index (χ0v) is 9.15. The van der Waals surface area contributed by atoms with Crippen molar-refractivity contribution in [3.63, 3.8) is 0 Å². The zero-order valence-electron chi connectivity index (χ0n) is 8.25. The third-order valence-corrected chi connectivity index (χ3v) is 1.95. The maximum absolute atomic E-state index is 10.9. The molecule has 6 nitrogen and oxygen atoms in total. The van der Waals surface area contributed by atoms with Crippen LogP contribution in [-0.2, 0) is 0 Å². The summed E-state index contributed by atoms with van der Waals surface area (Å²) in [6.45, 7) is 2.47. The van der Waals surface area contributed by atoms with E-state index in [0.29, 0.717) is 18.2 Å². The smallest absolute Gasteiger partial charge is 0.329 e. The van der Waals surface area contributed by atoms with E-state index in [1.807, 2.05) is 6.92 Å². The van der Waals surface area contributed by atoms with E-state index in [0.717, 1.165) is 10.7 Å². The van der Waals surface area contributed by atoms with Crippen LogP contribution in [0.1, 0.15) is 13.3 Å². The van der Waals surface area contributed by atoms with Gasteiger partial charge in [0.2, 0.25) is 5.88 Å². The predicted molar refractivity (Wildman–Crippen MR) is 58.9 cm³/mol. The minimum atomic E-state index is -0.713. The second-order valence-electron chi connectivity index (χ2n) is 2.71. The lowest BCUT2D eigenvalue weighted by atomic mass is 10.5. The number of nitrogens with two attached hydrogens (primary N) is 1. The van der Waals surface area contributed by atoms with Gasteiger partial charge in [-0.25, -0.2) is 14.1 Å². The van der Waals surface area contributed by atoms with Crippen molar-refractivity contribution in [2.45, 2.75) is 13.3 Å². The van der Waals surface area contributed by atoms with Crippen LogP contribution in [0, 0.1) is 0 Å². The molecule has 0 spiro atoms. The maximum atomic E-state index is 10.9. The average molecular weight is 228 g/mol. The molecule has 7 heteroatoms. The van der Waals surface area contributed by atoms with Gasteiger partial charge in [-0.15, -0.1) is 0 Å². The number of rotatable bonds is 4. The fraction of sp³-hybridized carbons (Fsp3) is 0.375. The fourth-order valence-corrected chi connectivity index (χ4v) is 1.02. The maximum Gasteiger partial charge on any atom is 0.329 e. The Morgan fingerprint density at radius 1 is 1.73 bits per heavy atom. The van der Waals surface area contributed by atoms with Gasteiger partial charge in [0.1, 0.15) is 12.0 Å². The van der Waals surface area contributed by atoms with Crippen LogP contribution in [0.15, 0.2) is 12.5 Å². The molecule has 1 rings (SSSR count). The van der Waals surface area contributed by atoms with E-state index in [-0.39, 0.29) is 0 Å². The predicted octanol–water partition coefficient (Wildman–Crippen LogP) is 0.995. The quantitative estimate of drug-likeness (QED) is 0.753. The van der Waals surface area contributed by atoms with E-state index in [2.05, 4.69) is 22.8 Å². The third-order valence-electron chi connectivity index (χ3n) is 1.54. The summed E-state index contributed by atoms with van der Waals surface area (Å²) in [6, 6.07) is -0.713. The lowest BCUT2D eigenvalue weighted by Gasteiger charge is -2.15. The summed E-state index contributed by atoms with van der Waals surface area (Å²) < 4.78 is 6.24. The van der Waals surface area contributed by atoms with E-state index in [1.54, 1.807) is 0 Å². The molecule has 15 heavy (non-hydrogen) atoms. The lowest BCUT2D eigenvalue weighted by Crippen LogP contribution is -2.28. The van der Waals surface area contributed by atoms with Gasteiger partial charge in [-0.1, -0.05) is 19.7 Å². The number of nitrogens with zero attached hydrogens (tertiary/aromatic N) is 3. The highest BCUT2D eigenvalue weighted by molar-refractivity contribution is 7.82. The summed E-state index contributed by atoms with van der Waals surface area (Å²) in [4.78, 5) is 18.5. The Morgan fingerprint density at radius 2 is 2.47 bits per heavy atom. The molecule has 0 aliphatic rings. The molecule has 0 bridgehead atoms. The monoisotopic (exact) mass is 228 g/mol. The number of anilines is 1. The van der Waals surface area contributed by atoms with Crippen LogP contribution >= 0.6 is 12.8 Å². The molecular weight excluding hydrogens is 216 g/mol. The third kappa shape index (κ3) is 2.98. The molecule has 0 aromatic carbocycles. The molecule has 1 heterocycles. The first-order chi connectivity index (χ1) is 7.16. The molecule has 2 amide bonds. The minimum absolute atomic E-state index is 0.292. The Hall–Kier alpha value is -1.50. The summed E-state index contributed by atoms with van der Waals surface area (Å²) >= 11 is 3.91. The molecule has 82 valence electrons. The number of thiol groups is 1. The van der Waals surface area contributed by atoms with Gasteiger partial charge >= 0.3 is 6.03 Å². The Bertz CT molecular complexity index is 347. The number of urea groups is 1. The Balaban J connectivity index is 2.90. The van der Waals surface area contributed by atoms with Gasteiger partial charge in [0.25, 0.3) is 0 Å². The molecule has 2 N–H and O–H groups in total. The van der Waals surface area contributed by atoms with Crippen LogP contribution in [0.2, 0.25) is 0 Å². The molecule has 0 saturated heterocycles. The van der Waals surface area contributed by atoms with Crippen molar-refractivity contribution < 1.29 is 9.53 Å². The fourth-order valence-electron chi connectivity index (χ4n) is 0.885. The van der Waals surface area contributed by atoms with Crippen LogP contribution < -0.4 is 14.8 Å². The van der Waals surface area contributed by atoms with Crippen LogP contribution in [0.5, 0.6) is 5.88 Å². The lowest BCUT2D eigenvalue weighted by molar-refractivity contribution is 0.256. The number of hydrogen-bond acceptors (Lipinski definition) is 5. The van der Waals surface area contributed by atoms with Crippen molar-refractivity contribution in [2.24, 2.45) is 5.73 Å². The van der Waals surface area contributed by atoms with Crippen molar-refractivity contribution in [2.75, 3.05) is 10.9 Å². The molecule has 1 aromatic heterocycles. The van der Waals surface area contributed by atoms with Crippen molar-refractivity contribution in [1.82, 2.24) is 9.97 Å². The second-order valence-corrected chi connectivity index (χ2v) is 3.11. The number of amides is 2. The van der Waals surface area contributed by atoms with Gasteiger partial charge in [-0.05, 0) is 6.42 Å². The first kappa shape index (κ1) is 11.6. The van der Waals surface area contributed by atoms with Crippen LogP contribution in [-0.4, -0.2) is 22.6 Å². The summed E-state index contributed by atoms with van der Waals surface area (Å²) in [6.07, 6.45) is 3.58. The zero-order chi connectivity index (χ0) is 11.3. The normalized spacial score (nSPS) is 9.73. The van der Waals surface area contributed by atoms with Gasteiger partial charge in [0.05, 0.1) is 12.8 Å². The van der Waals surface area contributed by atoms with Gasteiger partial charge in [0, 0.05) is 0 Å². The average Bonchev–Trinajstić information content (AvgIpc) is 2.25. The molecular formula is C8H12N4O2S. The minimum Gasteiger partial charge on any atom is -0.476 e. The number of ether oxygens (including phenoxy) is 1. The molecule has 0 aliphatic carbocycles. The van der Waals surface area contributed by atoms with Crippen molar-refractivity contribution in [1.29, 1.82) is 0 Å². The number of carbonyl (C=O) groups is 1. The van der Waals surface area contributed by atoms with Crippen molar-refractivity contribution in [3.05, 3.63) is 12.5 Å². The van der Waals surface area contributed by atoms with Gasteiger partial charge in [0.15, 0.2) is 0 Å². The Morgan fingerprint density at radius 3 is 3.07 bits per heavy atom. The van der Waals surface area contributed by atoms with E-state index < -0.39 is 6.03 Å². The number of aromatic nitrogens is 2. The van der Waals surface area contributed by atoms with Crippen molar-refractivity contribution >= 4 is 24.5 Å². The van der Waals surface area contributed by atoms with E-state index >= 15 is 0 Å². The second kappa shape index (κ2) is 5.40. The van der Waals surface area contributed by atoms with Crippen LogP contribution in [0.4, 0.5) is 10.5 Å². The Kier molecular flexibility index (Phi) is 4.17. The summed E-state index contributed by atoms with van der Waals surface area (Å²) in [5.41, 5.74) is 5.40. The molecule has 0 radical (unpaired) electrons. The van der Waals surface area contributed by atoms with E-state index in [9.17, 15) is 4.79 Å². The van der Waals surface area contributed by atoms with E-state index in [4.69, 9.17) is 10.5 Å². The van der Waals surface area contributed by atoms with Gasteiger partial charge < -0.3 is 10.5 Å². The molecule has 0 saturated carbocycles. The summed E-state index contributed by atoms with van der Waals surface area (Å²) in [5.74, 6) is 0.292. The van der Waals surface area contributed by atoms with Crippen LogP contribution in [0.25, 0.3) is 0 Å². The summed E-state index contributed by atoms with van der Waals surface area (Å²) in [7, 11) is 0. The standard InChI is InChI=1S/C8H12N4O2S/c1-2-3-14-7-6(4-10-5-11-7)12(15)8(9)13/h4-5,15H,2-3H2,1H3,(H2,9,13). The molecule has 0 fully saturated rings. The molecule has 1 aromatic rings. The number of primary amides is 1. The molecule has 0 atom stereocenters. The first-order valence-electron chi connectivity index (χ1n) is 4.38. The highest BCUT2D eigenvalue weighted by Crippen LogP contribution is 2.25. The number of hydrogen-bond donors (Lipinski definition) is 2. The molecule has 0 unspecified atom stereocenters. The van der Waals surface area contributed by atoms with E-state index in [1.165, 1.54) is 12.5 Å². The first-order valence-corrected chi connectivity index (χ1v) is 4.78. The van der Waals surface area contributed by atoms with Gasteiger partial charge in [-0.3, -0.25) is 0 Å². The van der Waals surface area contributed by atoms with Crippen LogP contribution in [0.3, 0.4) is 0 Å². The highest BCUT2D eigenvalue weighted by atomic mass is 32.1. The highest BCUT2D eigenvalue weighted by Gasteiger charge is 2.14. The Labute approximate surface area is 93.0 Å². The molecule has 0 aliphatic heterocycles. The number of carbonyl (C=O) groups excluding carboxylic acids is 1. The van der Waals surface area contributed by atoms with Crippen molar-refractivity contribution in [3.8, 4) is 5.88 Å². The summed E-state index contributed by atoms with van der Waals surface area (Å²) in [5, 5.41) is 0. The van der Waals surface area contributed by atoms with Gasteiger partial charge in [-0.2, -0.15) is 4.98 Å². The SMILES string of the molecule is CCCOc1ncncc1N(S)C(N)=O. The largest absolute Gasteiger partial charge is 0.476 e. The topological polar surface area (TPSA) is 81.3 Å².